The zero-order chi connectivity index (χ0) is 23.1. The first-order valence-corrected chi connectivity index (χ1v) is 11.3. The average Bonchev–Trinajstić information content (AvgIpc) is 2.80. The number of hydrogen-bond acceptors (Lipinski definition) is 0. The van der Waals surface area contributed by atoms with Gasteiger partial charge in [-0.1, -0.05) is 113 Å². The Hall–Kier alpha value is -3.12. The highest BCUT2D eigenvalue weighted by Crippen LogP contribution is 2.37. The van der Waals surface area contributed by atoms with Gasteiger partial charge in [-0.3, -0.25) is 0 Å². The van der Waals surface area contributed by atoms with E-state index >= 15 is 0 Å². The molecule has 0 heteroatoms. The van der Waals surface area contributed by atoms with Crippen LogP contribution in [0.15, 0.2) is 73.8 Å². The van der Waals surface area contributed by atoms with Crippen LogP contribution in [-0.4, -0.2) is 0 Å². The molecule has 0 atom stereocenters. The standard InChI is InChI=1S/C27H24.2C2H6/c1-6-20-12-14-24(25-13-8-19(5)26(17(2)3)27(20)25)23-11-10-21-15-18(4)7-9-22(21)16-23;2*1-2/h6-16H,1-2H2,3-5H3;2*1-2H3. The van der Waals surface area contributed by atoms with E-state index in [9.17, 15) is 0 Å². The van der Waals surface area contributed by atoms with Crippen LogP contribution in [0.25, 0.3) is 44.3 Å². The fourth-order valence-electron chi connectivity index (χ4n) is 4.08. The molecule has 0 heterocycles. The second kappa shape index (κ2) is 10.8. The second-order valence-electron chi connectivity index (χ2n) is 7.43. The van der Waals surface area contributed by atoms with Gasteiger partial charge in [-0.05, 0) is 76.2 Å². The number of fused-ring (bicyclic) bond motifs is 2. The van der Waals surface area contributed by atoms with Gasteiger partial charge in [0.2, 0.25) is 0 Å². The van der Waals surface area contributed by atoms with E-state index in [2.05, 4.69) is 94.6 Å². The molecule has 0 aliphatic carbocycles. The zero-order valence-corrected chi connectivity index (χ0v) is 20.3. The lowest BCUT2D eigenvalue weighted by molar-refractivity contribution is 1.44. The van der Waals surface area contributed by atoms with Gasteiger partial charge in [-0.15, -0.1) is 0 Å². The Kier molecular flexibility index (Phi) is 8.39. The zero-order valence-electron chi connectivity index (χ0n) is 20.3. The van der Waals surface area contributed by atoms with Crippen molar-refractivity contribution in [2.45, 2.75) is 48.5 Å². The molecule has 0 nitrogen and oxygen atoms in total. The van der Waals surface area contributed by atoms with Crippen LogP contribution in [0.1, 0.15) is 56.9 Å². The van der Waals surface area contributed by atoms with E-state index in [1.54, 1.807) is 0 Å². The van der Waals surface area contributed by atoms with Gasteiger partial charge in [-0.2, -0.15) is 0 Å². The van der Waals surface area contributed by atoms with Gasteiger partial charge in [-0.25, -0.2) is 0 Å². The third-order valence-electron chi connectivity index (χ3n) is 5.38. The van der Waals surface area contributed by atoms with Crippen molar-refractivity contribution in [2.75, 3.05) is 0 Å². The average molecular weight is 409 g/mol. The van der Waals surface area contributed by atoms with E-state index in [4.69, 9.17) is 0 Å². The summed E-state index contributed by atoms with van der Waals surface area (Å²) in [5.74, 6) is 0. The molecule has 0 amide bonds. The first kappa shape index (κ1) is 24.2. The third kappa shape index (κ3) is 4.80. The van der Waals surface area contributed by atoms with Gasteiger partial charge >= 0.3 is 0 Å². The topological polar surface area (TPSA) is 0 Å². The highest BCUT2D eigenvalue weighted by Gasteiger charge is 2.13. The molecule has 0 saturated carbocycles. The summed E-state index contributed by atoms with van der Waals surface area (Å²) in [5.41, 5.74) is 8.52. The second-order valence-corrected chi connectivity index (χ2v) is 7.43. The molecular weight excluding hydrogens is 372 g/mol. The van der Waals surface area contributed by atoms with E-state index < -0.39 is 0 Å². The number of benzene rings is 4. The van der Waals surface area contributed by atoms with Crippen LogP contribution >= 0.6 is 0 Å². The molecule has 0 aromatic heterocycles. The predicted octanol–water partition coefficient (Wildman–Crippen LogP) is 10.0. The van der Waals surface area contributed by atoms with Crippen molar-refractivity contribution in [1.29, 1.82) is 0 Å². The molecule has 0 unspecified atom stereocenters. The molecule has 4 aromatic carbocycles. The molecule has 0 spiro atoms. The summed E-state index contributed by atoms with van der Waals surface area (Å²) in [6, 6.07) is 22.2. The first-order valence-electron chi connectivity index (χ1n) is 11.3. The Morgan fingerprint density at radius 1 is 0.774 bits per heavy atom. The summed E-state index contributed by atoms with van der Waals surface area (Å²) in [4.78, 5) is 0. The summed E-state index contributed by atoms with van der Waals surface area (Å²) < 4.78 is 0. The van der Waals surface area contributed by atoms with Crippen molar-refractivity contribution < 1.29 is 0 Å². The van der Waals surface area contributed by atoms with Crippen LogP contribution in [0.3, 0.4) is 0 Å². The fraction of sp³-hybridized carbons (Fsp3) is 0.226. The molecule has 31 heavy (non-hydrogen) atoms. The molecular formula is C31H36. The smallest absolute Gasteiger partial charge is 0.00277 e. The quantitative estimate of drug-likeness (QED) is 0.316. The van der Waals surface area contributed by atoms with E-state index in [0.717, 1.165) is 11.1 Å². The maximum absolute atomic E-state index is 4.23. The van der Waals surface area contributed by atoms with Crippen molar-refractivity contribution in [3.8, 4) is 11.1 Å². The Labute approximate surface area is 188 Å². The minimum Gasteiger partial charge on any atom is -0.0984 e. The van der Waals surface area contributed by atoms with Crippen LogP contribution in [0.5, 0.6) is 0 Å². The highest BCUT2D eigenvalue weighted by molar-refractivity contribution is 6.07. The van der Waals surface area contributed by atoms with Crippen molar-refractivity contribution in [3.63, 3.8) is 0 Å². The van der Waals surface area contributed by atoms with Crippen LogP contribution in [0.4, 0.5) is 0 Å². The lowest BCUT2D eigenvalue weighted by atomic mass is 9.87. The molecule has 160 valence electrons. The predicted molar refractivity (Wildman–Crippen MR) is 144 cm³/mol. The Morgan fingerprint density at radius 3 is 2.06 bits per heavy atom. The lowest BCUT2D eigenvalue weighted by Gasteiger charge is -2.16. The number of allylic oxidation sites excluding steroid dienone is 1. The van der Waals surface area contributed by atoms with Gasteiger partial charge in [0, 0.05) is 0 Å². The Balaban J connectivity index is 0.000000807. The normalized spacial score (nSPS) is 10.0. The molecule has 4 rings (SSSR count). The molecule has 0 fully saturated rings. The van der Waals surface area contributed by atoms with Gasteiger partial charge in [0.25, 0.3) is 0 Å². The maximum atomic E-state index is 4.23. The van der Waals surface area contributed by atoms with Gasteiger partial charge < -0.3 is 0 Å². The third-order valence-corrected chi connectivity index (χ3v) is 5.38. The van der Waals surface area contributed by atoms with E-state index in [-0.39, 0.29) is 0 Å². The van der Waals surface area contributed by atoms with E-state index in [1.807, 2.05) is 33.8 Å². The van der Waals surface area contributed by atoms with Crippen molar-refractivity contribution in [3.05, 3.63) is 96.1 Å². The molecule has 0 aliphatic heterocycles. The van der Waals surface area contributed by atoms with Crippen LogP contribution < -0.4 is 0 Å². The maximum Gasteiger partial charge on any atom is -0.00277 e. The highest BCUT2D eigenvalue weighted by atomic mass is 14.2. The van der Waals surface area contributed by atoms with E-state index in [1.165, 1.54) is 49.4 Å². The van der Waals surface area contributed by atoms with E-state index in [0.29, 0.717) is 0 Å². The number of rotatable bonds is 3. The first-order chi connectivity index (χ1) is 15.0. The van der Waals surface area contributed by atoms with Gasteiger partial charge in [0.05, 0.1) is 0 Å². The van der Waals surface area contributed by atoms with Gasteiger partial charge in [0.1, 0.15) is 0 Å². The summed E-state index contributed by atoms with van der Waals surface area (Å²) in [5, 5.41) is 5.05. The molecule has 4 aromatic rings. The van der Waals surface area contributed by atoms with Crippen LogP contribution in [0.2, 0.25) is 0 Å². The molecule has 0 aliphatic rings. The fourth-order valence-corrected chi connectivity index (χ4v) is 4.08. The monoisotopic (exact) mass is 408 g/mol. The summed E-state index contributed by atoms with van der Waals surface area (Å²) in [7, 11) is 0. The van der Waals surface area contributed by atoms with Gasteiger partial charge in [0.15, 0.2) is 0 Å². The Bertz CT molecular complexity index is 1220. The Morgan fingerprint density at radius 2 is 1.42 bits per heavy atom. The largest absolute Gasteiger partial charge is 0.0984 e. The lowest BCUT2D eigenvalue weighted by Crippen LogP contribution is -1.93. The minimum absolute atomic E-state index is 1.09. The molecule has 0 N–H and O–H groups in total. The summed E-state index contributed by atoms with van der Waals surface area (Å²) in [6.07, 6.45) is 1.95. The van der Waals surface area contributed by atoms with Crippen molar-refractivity contribution in [1.82, 2.24) is 0 Å². The van der Waals surface area contributed by atoms with Crippen LogP contribution in [0, 0.1) is 13.8 Å². The number of aryl methyl sites for hydroxylation is 2. The van der Waals surface area contributed by atoms with Crippen LogP contribution in [-0.2, 0) is 0 Å². The SMILES string of the molecule is C=Cc1ccc(-c2ccc3cc(C)ccc3c2)c2ccc(C)c(C(=C)C)c12.CC.CC. The van der Waals surface area contributed by atoms with Crippen molar-refractivity contribution >= 4 is 33.2 Å². The summed E-state index contributed by atoms with van der Waals surface area (Å²) >= 11 is 0. The molecule has 0 radical (unpaired) electrons. The summed E-state index contributed by atoms with van der Waals surface area (Å²) in [6.45, 7) is 22.6. The molecule has 0 saturated heterocycles. The minimum atomic E-state index is 1.09. The molecule has 0 bridgehead atoms. The number of hydrogen-bond donors (Lipinski definition) is 0. The van der Waals surface area contributed by atoms with Crippen molar-refractivity contribution in [2.24, 2.45) is 0 Å².